The SMILES string of the molecule is CC(C)c1nc(N)sc1Cc1cnn(C)c1. The number of aryl methyl sites for hydroxylation is 1. The fourth-order valence-corrected chi connectivity index (χ4v) is 2.73. The van der Waals surface area contributed by atoms with E-state index in [2.05, 4.69) is 23.9 Å². The molecule has 0 amide bonds. The molecule has 86 valence electrons. The lowest BCUT2D eigenvalue weighted by atomic mass is 10.1. The molecule has 16 heavy (non-hydrogen) atoms. The molecule has 0 fully saturated rings. The summed E-state index contributed by atoms with van der Waals surface area (Å²) in [6.45, 7) is 4.28. The molecule has 0 saturated carbocycles. The van der Waals surface area contributed by atoms with E-state index in [1.54, 1.807) is 11.3 Å². The third kappa shape index (κ3) is 2.24. The number of anilines is 1. The van der Waals surface area contributed by atoms with Crippen LogP contribution in [0.5, 0.6) is 0 Å². The fourth-order valence-electron chi connectivity index (χ4n) is 1.71. The Hall–Kier alpha value is -1.36. The van der Waals surface area contributed by atoms with E-state index in [1.807, 2.05) is 24.1 Å². The Kier molecular flexibility index (Phi) is 2.96. The smallest absolute Gasteiger partial charge is 0.180 e. The molecule has 0 saturated heterocycles. The van der Waals surface area contributed by atoms with Crippen molar-refractivity contribution in [2.24, 2.45) is 7.05 Å². The number of nitrogen functional groups attached to an aromatic ring is 1. The van der Waals surface area contributed by atoms with Gasteiger partial charge in [0.25, 0.3) is 0 Å². The molecule has 2 heterocycles. The van der Waals surface area contributed by atoms with Crippen LogP contribution in [0.1, 0.15) is 35.9 Å². The van der Waals surface area contributed by atoms with Crippen LogP contribution in [0, 0.1) is 0 Å². The van der Waals surface area contributed by atoms with E-state index in [4.69, 9.17) is 5.73 Å². The predicted octanol–water partition coefficient (Wildman–Crippen LogP) is 2.17. The molecule has 2 aromatic heterocycles. The highest BCUT2D eigenvalue weighted by atomic mass is 32.1. The molecule has 0 aliphatic rings. The zero-order valence-corrected chi connectivity index (χ0v) is 10.6. The van der Waals surface area contributed by atoms with Gasteiger partial charge >= 0.3 is 0 Å². The minimum absolute atomic E-state index is 0.417. The van der Waals surface area contributed by atoms with Crippen LogP contribution in [-0.2, 0) is 13.5 Å². The van der Waals surface area contributed by atoms with Crippen molar-refractivity contribution in [3.8, 4) is 0 Å². The number of hydrogen-bond acceptors (Lipinski definition) is 4. The summed E-state index contributed by atoms with van der Waals surface area (Å²) in [6.07, 6.45) is 4.79. The average molecular weight is 236 g/mol. The number of aromatic nitrogens is 3. The van der Waals surface area contributed by atoms with Crippen molar-refractivity contribution in [3.05, 3.63) is 28.5 Å². The molecule has 0 bridgehead atoms. The third-order valence-electron chi connectivity index (χ3n) is 2.41. The fraction of sp³-hybridized carbons (Fsp3) is 0.455. The van der Waals surface area contributed by atoms with Gasteiger partial charge in [-0.3, -0.25) is 4.68 Å². The highest BCUT2D eigenvalue weighted by Gasteiger charge is 2.13. The Balaban J connectivity index is 2.27. The zero-order valence-electron chi connectivity index (χ0n) is 9.77. The van der Waals surface area contributed by atoms with E-state index in [0.29, 0.717) is 11.0 Å². The van der Waals surface area contributed by atoms with Crippen molar-refractivity contribution in [1.82, 2.24) is 14.8 Å². The molecular weight excluding hydrogens is 220 g/mol. The summed E-state index contributed by atoms with van der Waals surface area (Å²) >= 11 is 1.58. The quantitative estimate of drug-likeness (QED) is 0.888. The number of nitrogens with zero attached hydrogens (tertiary/aromatic N) is 3. The van der Waals surface area contributed by atoms with Gasteiger partial charge in [0.2, 0.25) is 0 Å². The Morgan fingerprint density at radius 3 is 2.81 bits per heavy atom. The topological polar surface area (TPSA) is 56.7 Å². The molecule has 0 aliphatic heterocycles. The average Bonchev–Trinajstić information content (AvgIpc) is 2.74. The van der Waals surface area contributed by atoms with Crippen LogP contribution in [0.4, 0.5) is 5.13 Å². The zero-order chi connectivity index (χ0) is 11.7. The van der Waals surface area contributed by atoms with Gasteiger partial charge < -0.3 is 5.73 Å². The second-order valence-corrected chi connectivity index (χ2v) is 5.33. The van der Waals surface area contributed by atoms with Crippen molar-refractivity contribution in [3.63, 3.8) is 0 Å². The highest BCUT2D eigenvalue weighted by molar-refractivity contribution is 7.15. The van der Waals surface area contributed by atoms with E-state index in [9.17, 15) is 0 Å². The standard InChI is InChI=1S/C11H16N4S/c1-7(2)10-9(16-11(12)14-10)4-8-5-13-15(3)6-8/h5-7H,4H2,1-3H3,(H2,12,14). The van der Waals surface area contributed by atoms with Crippen molar-refractivity contribution < 1.29 is 0 Å². The van der Waals surface area contributed by atoms with Crippen molar-refractivity contribution >= 4 is 16.5 Å². The van der Waals surface area contributed by atoms with E-state index in [-0.39, 0.29) is 0 Å². The molecule has 0 aliphatic carbocycles. The number of nitrogens with two attached hydrogens (primary N) is 1. The van der Waals surface area contributed by atoms with Gasteiger partial charge in [0.15, 0.2) is 5.13 Å². The molecule has 0 radical (unpaired) electrons. The van der Waals surface area contributed by atoms with E-state index < -0.39 is 0 Å². The first-order valence-corrected chi connectivity index (χ1v) is 6.10. The lowest BCUT2D eigenvalue weighted by Gasteiger charge is -2.03. The van der Waals surface area contributed by atoms with Gasteiger partial charge in [-0.2, -0.15) is 5.10 Å². The molecule has 0 aromatic carbocycles. The second-order valence-electron chi connectivity index (χ2n) is 4.21. The lowest BCUT2D eigenvalue weighted by molar-refractivity contribution is 0.767. The summed E-state index contributed by atoms with van der Waals surface area (Å²) in [5.74, 6) is 0.417. The third-order valence-corrected chi connectivity index (χ3v) is 3.31. The molecule has 0 spiro atoms. The first-order chi connectivity index (χ1) is 7.56. The van der Waals surface area contributed by atoms with Crippen molar-refractivity contribution in [2.45, 2.75) is 26.2 Å². The largest absolute Gasteiger partial charge is 0.375 e. The van der Waals surface area contributed by atoms with Crippen molar-refractivity contribution in [2.75, 3.05) is 5.73 Å². The maximum absolute atomic E-state index is 5.76. The van der Waals surface area contributed by atoms with E-state index >= 15 is 0 Å². The molecular formula is C11H16N4S. The van der Waals surface area contributed by atoms with E-state index in [0.717, 1.165) is 12.1 Å². The summed E-state index contributed by atoms with van der Waals surface area (Å²) in [4.78, 5) is 5.63. The molecule has 2 aromatic rings. The first-order valence-electron chi connectivity index (χ1n) is 5.29. The summed E-state index contributed by atoms with van der Waals surface area (Å²) < 4.78 is 1.81. The van der Waals surface area contributed by atoms with Gasteiger partial charge in [-0.25, -0.2) is 4.98 Å². The molecule has 0 atom stereocenters. The van der Waals surface area contributed by atoms with Crippen LogP contribution in [0.2, 0.25) is 0 Å². The van der Waals surface area contributed by atoms with Crippen LogP contribution < -0.4 is 5.73 Å². The number of hydrogen-bond donors (Lipinski definition) is 1. The molecule has 0 unspecified atom stereocenters. The van der Waals surface area contributed by atoms with Gasteiger partial charge in [-0.05, 0) is 11.5 Å². The second kappa shape index (κ2) is 4.25. The summed E-state index contributed by atoms with van der Waals surface area (Å²) in [5.41, 5.74) is 8.08. The Morgan fingerprint density at radius 1 is 1.50 bits per heavy atom. The van der Waals surface area contributed by atoms with Gasteiger partial charge in [0.1, 0.15) is 0 Å². The minimum atomic E-state index is 0.417. The molecule has 4 nitrogen and oxygen atoms in total. The number of rotatable bonds is 3. The van der Waals surface area contributed by atoms with Crippen LogP contribution in [0.3, 0.4) is 0 Å². The van der Waals surface area contributed by atoms with Crippen LogP contribution in [0.25, 0.3) is 0 Å². The molecule has 5 heteroatoms. The van der Waals surface area contributed by atoms with E-state index in [1.165, 1.54) is 10.4 Å². The predicted molar refractivity (Wildman–Crippen MR) is 66.6 cm³/mol. The van der Waals surface area contributed by atoms with Gasteiger partial charge in [0, 0.05) is 24.5 Å². The maximum atomic E-state index is 5.76. The van der Waals surface area contributed by atoms with Crippen molar-refractivity contribution in [1.29, 1.82) is 0 Å². The molecule has 2 rings (SSSR count). The first kappa shape index (κ1) is 11.1. The Morgan fingerprint density at radius 2 is 2.25 bits per heavy atom. The summed E-state index contributed by atoms with van der Waals surface area (Å²) in [6, 6.07) is 0. The van der Waals surface area contributed by atoms with Gasteiger partial charge in [0.05, 0.1) is 11.9 Å². The highest BCUT2D eigenvalue weighted by Crippen LogP contribution is 2.28. The summed E-state index contributed by atoms with van der Waals surface area (Å²) in [7, 11) is 1.92. The Labute approximate surface area is 99.1 Å². The molecule has 2 N–H and O–H groups in total. The monoisotopic (exact) mass is 236 g/mol. The normalized spacial score (nSPS) is 11.2. The maximum Gasteiger partial charge on any atom is 0.180 e. The van der Waals surface area contributed by atoms with Gasteiger partial charge in [-0.1, -0.05) is 13.8 Å². The minimum Gasteiger partial charge on any atom is -0.375 e. The van der Waals surface area contributed by atoms with Crippen LogP contribution in [-0.4, -0.2) is 14.8 Å². The van der Waals surface area contributed by atoms with Crippen LogP contribution in [0.15, 0.2) is 12.4 Å². The van der Waals surface area contributed by atoms with Gasteiger partial charge in [-0.15, -0.1) is 11.3 Å². The Bertz CT molecular complexity index is 484. The lowest BCUT2D eigenvalue weighted by Crippen LogP contribution is -1.94. The number of thiazole rings is 1. The summed E-state index contributed by atoms with van der Waals surface area (Å²) in [5, 5.41) is 4.82. The van der Waals surface area contributed by atoms with Crippen LogP contribution >= 0.6 is 11.3 Å².